The van der Waals surface area contributed by atoms with Gasteiger partial charge in [-0.25, -0.2) is 0 Å². The maximum Gasteiger partial charge on any atom is 0.0147 e. The van der Waals surface area contributed by atoms with E-state index < -0.39 is 0 Å². The van der Waals surface area contributed by atoms with Gasteiger partial charge in [0.2, 0.25) is 0 Å². The molecule has 1 aliphatic carbocycles. The van der Waals surface area contributed by atoms with E-state index in [0.717, 1.165) is 17.2 Å². The van der Waals surface area contributed by atoms with Gasteiger partial charge in [-0.1, -0.05) is 26.7 Å². The molecule has 1 heterocycles. The van der Waals surface area contributed by atoms with E-state index in [1.54, 1.807) is 0 Å². The fraction of sp³-hybridized carbons (Fsp3) is 1.00. The highest BCUT2D eigenvalue weighted by molar-refractivity contribution is 7.99. The summed E-state index contributed by atoms with van der Waals surface area (Å²) in [6.45, 7) is 9.77. The second-order valence-corrected chi connectivity index (χ2v) is 7.35. The van der Waals surface area contributed by atoms with Crippen LogP contribution in [-0.2, 0) is 0 Å². The minimum absolute atomic E-state index is 0.792. The van der Waals surface area contributed by atoms with Crippen molar-refractivity contribution in [2.75, 3.05) is 31.9 Å². The molecule has 0 radical (unpaired) electrons. The van der Waals surface area contributed by atoms with Crippen molar-refractivity contribution < 1.29 is 0 Å². The Morgan fingerprint density at radius 3 is 2.82 bits per heavy atom. The summed E-state index contributed by atoms with van der Waals surface area (Å²) in [7, 11) is 0. The number of rotatable bonds is 4. The second kappa shape index (κ2) is 7.01. The molecule has 1 aliphatic heterocycles. The maximum atomic E-state index is 3.79. The van der Waals surface area contributed by atoms with Crippen molar-refractivity contribution in [1.82, 2.24) is 10.2 Å². The molecule has 0 spiro atoms. The van der Waals surface area contributed by atoms with Gasteiger partial charge in [-0.2, -0.15) is 11.8 Å². The zero-order valence-corrected chi connectivity index (χ0v) is 12.3. The Balaban J connectivity index is 1.61. The van der Waals surface area contributed by atoms with Gasteiger partial charge in [0.25, 0.3) is 0 Å². The molecule has 1 saturated carbocycles. The number of hydrogen-bond donors (Lipinski definition) is 1. The van der Waals surface area contributed by atoms with Crippen molar-refractivity contribution >= 4 is 11.8 Å². The molecule has 1 saturated heterocycles. The standard InChI is InChI=1S/C14H28N2S/c1-12-5-3-4-6-14(12)15-7-8-16-9-10-17-13(2)11-16/h12-15H,3-11H2,1-2H3. The summed E-state index contributed by atoms with van der Waals surface area (Å²) in [5, 5.41) is 4.62. The SMILES string of the molecule is CC1CN(CCNC2CCCCC2C)CCS1. The van der Waals surface area contributed by atoms with Crippen molar-refractivity contribution in [2.45, 2.75) is 50.8 Å². The van der Waals surface area contributed by atoms with Gasteiger partial charge >= 0.3 is 0 Å². The third kappa shape index (κ3) is 4.46. The molecule has 3 heteroatoms. The lowest BCUT2D eigenvalue weighted by Gasteiger charge is -2.33. The molecule has 1 N–H and O–H groups in total. The van der Waals surface area contributed by atoms with Crippen LogP contribution in [0.3, 0.4) is 0 Å². The normalized spacial score (nSPS) is 36.0. The Labute approximate surface area is 111 Å². The second-order valence-electron chi connectivity index (χ2n) is 5.80. The number of nitrogens with zero attached hydrogens (tertiary/aromatic N) is 1. The first-order chi connectivity index (χ1) is 8.25. The quantitative estimate of drug-likeness (QED) is 0.832. The summed E-state index contributed by atoms with van der Waals surface area (Å²) in [4.78, 5) is 2.63. The number of hydrogen-bond acceptors (Lipinski definition) is 3. The predicted octanol–water partition coefficient (Wildman–Crippen LogP) is 2.59. The van der Waals surface area contributed by atoms with Crippen LogP contribution in [0.4, 0.5) is 0 Å². The molecule has 2 fully saturated rings. The highest BCUT2D eigenvalue weighted by Gasteiger charge is 2.21. The van der Waals surface area contributed by atoms with Crippen LogP contribution in [-0.4, -0.2) is 48.1 Å². The fourth-order valence-corrected chi connectivity index (χ4v) is 4.20. The highest BCUT2D eigenvalue weighted by Crippen LogP contribution is 2.23. The van der Waals surface area contributed by atoms with E-state index in [2.05, 4.69) is 35.8 Å². The number of nitrogens with one attached hydrogen (secondary N) is 1. The van der Waals surface area contributed by atoms with E-state index in [9.17, 15) is 0 Å². The Morgan fingerprint density at radius 2 is 2.06 bits per heavy atom. The topological polar surface area (TPSA) is 15.3 Å². The Morgan fingerprint density at radius 1 is 1.24 bits per heavy atom. The van der Waals surface area contributed by atoms with E-state index in [0.29, 0.717) is 0 Å². The van der Waals surface area contributed by atoms with Gasteiger partial charge in [-0.05, 0) is 18.8 Å². The smallest absolute Gasteiger partial charge is 0.0147 e. The molecule has 2 rings (SSSR count). The summed E-state index contributed by atoms with van der Waals surface area (Å²) < 4.78 is 0. The van der Waals surface area contributed by atoms with Gasteiger partial charge in [-0.3, -0.25) is 0 Å². The monoisotopic (exact) mass is 256 g/mol. The fourth-order valence-electron chi connectivity index (χ4n) is 3.12. The minimum atomic E-state index is 0.792. The van der Waals surface area contributed by atoms with Crippen LogP contribution < -0.4 is 5.32 Å². The first-order valence-corrected chi connectivity index (χ1v) is 8.38. The molecule has 0 aromatic rings. The summed E-state index contributed by atoms with van der Waals surface area (Å²) in [6.07, 6.45) is 5.70. The minimum Gasteiger partial charge on any atom is -0.312 e. The zero-order chi connectivity index (χ0) is 12.1. The third-order valence-corrected chi connectivity index (χ3v) is 5.41. The molecule has 0 aromatic carbocycles. The lowest BCUT2D eigenvalue weighted by Crippen LogP contribution is -2.44. The first-order valence-electron chi connectivity index (χ1n) is 7.33. The molecule has 100 valence electrons. The van der Waals surface area contributed by atoms with Crippen molar-refractivity contribution in [3.8, 4) is 0 Å². The molecule has 0 bridgehead atoms. The molecule has 17 heavy (non-hydrogen) atoms. The molecule has 0 aromatic heterocycles. The van der Waals surface area contributed by atoms with Gasteiger partial charge in [0, 0.05) is 43.2 Å². The van der Waals surface area contributed by atoms with Gasteiger partial charge in [0.05, 0.1) is 0 Å². The highest BCUT2D eigenvalue weighted by atomic mass is 32.2. The Kier molecular flexibility index (Phi) is 5.64. The predicted molar refractivity (Wildman–Crippen MR) is 77.8 cm³/mol. The van der Waals surface area contributed by atoms with E-state index >= 15 is 0 Å². The summed E-state index contributed by atoms with van der Waals surface area (Å²) in [5.41, 5.74) is 0. The zero-order valence-electron chi connectivity index (χ0n) is 11.5. The van der Waals surface area contributed by atoms with Gasteiger partial charge in [0.1, 0.15) is 0 Å². The molecular weight excluding hydrogens is 228 g/mol. The summed E-state index contributed by atoms with van der Waals surface area (Å²) >= 11 is 2.12. The van der Waals surface area contributed by atoms with Crippen molar-refractivity contribution in [3.63, 3.8) is 0 Å². The molecule has 3 atom stereocenters. The van der Waals surface area contributed by atoms with Crippen molar-refractivity contribution in [1.29, 1.82) is 0 Å². The van der Waals surface area contributed by atoms with Gasteiger partial charge < -0.3 is 10.2 Å². The third-order valence-electron chi connectivity index (χ3n) is 4.27. The van der Waals surface area contributed by atoms with Gasteiger partial charge in [-0.15, -0.1) is 0 Å². The van der Waals surface area contributed by atoms with E-state index in [4.69, 9.17) is 0 Å². The van der Waals surface area contributed by atoms with Crippen LogP contribution in [0.2, 0.25) is 0 Å². The van der Waals surface area contributed by atoms with Crippen LogP contribution in [0.5, 0.6) is 0 Å². The maximum absolute atomic E-state index is 3.79. The van der Waals surface area contributed by atoms with Gasteiger partial charge in [0.15, 0.2) is 0 Å². The largest absolute Gasteiger partial charge is 0.312 e. The lowest BCUT2D eigenvalue weighted by atomic mass is 9.86. The number of thioether (sulfide) groups is 1. The first kappa shape index (κ1) is 13.7. The molecule has 2 nitrogen and oxygen atoms in total. The Hall–Kier alpha value is 0.270. The van der Waals surface area contributed by atoms with E-state index in [1.807, 2.05) is 0 Å². The summed E-state index contributed by atoms with van der Waals surface area (Å²) in [6, 6.07) is 0.792. The van der Waals surface area contributed by atoms with E-state index in [1.165, 1.54) is 57.6 Å². The van der Waals surface area contributed by atoms with Crippen LogP contribution in [0, 0.1) is 5.92 Å². The molecule has 2 aliphatic rings. The van der Waals surface area contributed by atoms with Crippen molar-refractivity contribution in [3.05, 3.63) is 0 Å². The Bertz CT molecular complexity index is 222. The van der Waals surface area contributed by atoms with E-state index in [-0.39, 0.29) is 0 Å². The average Bonchev–Trinajstić information content (AvgIpc) is 2.32. The molecule has 0 amide bonds. The summed E-state index contributed by atoms with van der Waals surface area (Å²) in [5.74, 6) is 2.21. The van der Waals surface area contributed by atoms with Crippen LogP contribution in [0.15, 0.2) is 0 Å². The average molecular weight is 256 g/mol. The lowest BCUT2D eigenvalue weighted by molar-refractivity contribution is 0.246. The molecule has 3 unspecified atom stereocenters. The van der Waals surface area contributed by atoms with Crippen LogP contribution >= 0.6 is 11.8 Å². The molecular formula is C14H28N2S. The van der Waals surface area contributed by atoms with Crippen LogP contribution in [0.25, 0.3) is 0 Å². The van der Waals surface area contributed by atoms with Crippen molar-refractivity contribution in [2.24, 2.45) is 5.92 Å². The van der Waals surface area contributed by atoms with Crippen LogP contribution in [0.1, 0.15) is 39.5 Å².